The van der Waals surface area contributed by atoms with Gasteiger partial charge in [-0.15, -0.1) is 0 Å². The molecule has 2 unspecified atom stereocenters. The number of esters is 1. The second-order valence-electron chi connectivity index (χ2n) is 8.43. The van der Waals surface area contributed by atoms with Crippen LogP contribution in [0.25, 0.3) is 0 Å². The molecule has 1 rings (SSSR count). The van der Waals surface area contributed by atoms with Crippen LogP contribution in [-0.2, 0) is 9.47 Å². The van der Waals surface area contributed by atoms with Gasteiger partial charge in [0.1, 0.15) is 13.2 Å². The maximum absolute atomic E-state index is 11.7. The quantitative estimate of drug-likeness (QED) is 0.384. The first kappa shape index (κ1) is 20.3. The average Bonchev–Trinajstić information content (AvgIpc) is 2.95. The normalized spacial score (nSPS) is 14.8. The van der Waals surface area contributed by atoms with Gasteiger partial charge >= 0.3 is 5.97 Å². The van der Waals surface area contributed by atoms with Gasteiger partial charge in [-0.2, -0.15) is 0 Å². The first-order valence-electron chi connectivity index (χ1n) is 8.47. The van der Waals surface area contributed by atoms with Crippen molar-refractivity contribution in [1.82, 2.24) is 0 Å². The van der Waals surface area contributed by atoms with E-state index in [-0.39, 0.29) is 35.7 Å². The molecule has 0 spiro atoms. The fourth-order valence-corrected chi connectivity index (χ4v) is 2.87. The summed E-state index contributed by atoms with van der Waals surface area (Å²) in [5.74, 6) is 1.07. The highest BCUT2D eigenvalue weighted by atomic mass is 16.6. The molecule has 2 atom stereocenters. The lowest BCUT2D eigenvalue weighted by molar-refractivity contribution is 0.0204. The lowest BCUT2D eigenvalue weighted by Gasteiger charge is -2.42. The highest BCUT2D eigenvalue weighted by Gasteiger charge is 2.38. The fraction of sp³-hybridized carbons (Fsp3) is 0.650. The zero-order valence-electron chi connectivity index (χ0n) is 16.1. The standard InChI is InChI=1S/C20H32O4/c1-14(19(3,4)5)17(20(6,7)8)15(2)22-12-13-24-18(21)16-10-9-11-23-16/h9-11,14,17H,2,12-13H2,1,3-8H3. The molecule has 0 radical (unpaired) electrons. The van der Waals surface area contributed by atoms with Crippen molar-refractivity contribution in [2.45, 2.75) is 48.5 Å². The summed E-state index contributed by atoms with van der Waals surface area (Å²) in [5, 5.41) is 0. The Hall–Kier alpha value is -1.71. The summed E-state index contributed by atoms with van der Waals surface area (Å²) in [4.78, 5) is 11.7. The lowest BCUT2D eigenvalue weighted by atomic mass is 9.64. The average molecular weight is 336 g/mol. The summed E-state index contributed by atoms with van der Waals surface area (Å²) >= 11 is 0. The van der Waals surface area contributed by atoms with Crippen LogP contribution < -0.4 is 0 Å². The van der Waals surface area contributed by atoms with E-state index in [1.165, 1.54) is 6.26 Å². The van der Waals surface area contributed by atoms with Crippen LogP contribution in [0.3, 0.4) is 0 Å². The van der Waals surface area contributed by atoms with Gasteiger partial charge in [0.25, 0.3) is 0 Å². The Morgan fingerprint density at radius 3 is 2.17 bits per heavy atom. The summed E-state index contributed by atoms with van der Waals surface area (Å²) < 4.78 is 15.9. The number of carbonyl (C=O) groups excluding carboxylic acids is 1. The minimum Gasteiger partial charge on any atom is -0.495 e. The Bertz CT molecular complexity index is 529. The molecule has 0 aliphatic heterocycles. The highest BCUT2D eigenvalue weighted by Crippen LogP contribution is 2.44. The molecule has 0 aliphatic carbocycles. The van der Waals surface area contributed by atoms with Crippen LogP contribution in [0, 0.1) is 22.7 Å². The van der Waals surface area contributed by atoms with Crippen LogP contribution in [0.5, 0.6) is 0 Å². The van der Waals surface area contributed by atoms with Crippen LogP contribution in [0.4, 0.5) is 0 Å². The monoisotopic (exact) mass is 336 g/mol. The Balaban J connectivity index is 2.55. The molecule has 24 heavy (non-hydrogen) atoms. The topological polar surface area (TPSA) is 48.7 Å². The summed E-state index contributed by atoms with van der Waals surface area (Å²) in [5.41, 5.74) is 0.185. The Morgan fingerprint density at radius 1 is 1.12 bits per heavy atom. The van der Waals surface area contributed by atoms with E-state index in [4.69, 9.17) is 13.9 Å². The lowest BCUT2D eigenvalue weighted by Crippen LogP contribution is -2.36. The predicted octanol–water partition coefficient (Wildman–Crippen LogP) is 5.31. The van der Waals surface area contributed by atoms with Crippen LogP contribution >= 0.6 is 0 Å². The molecule has 1 aromatic heterocycles. The van der Waals surface area contributed by atoms with E-state index >= 15 is 0 Å². The maximum atomic E-state index is 11.7. The second-order valence-corrected chi connectivity index (χ2v) is 8.43. The van der Waals surface area contributed by atoms with Gasteiger partial charge in [0.2, 0.25) is 5.76 Å². The van der Waals surface area contributed by atoms with Crippen LogP contribution in [-0.4, -0.2) is 19.2 Å². The minimum atomic E-state index is -0.482. The number of hydrogen-bond acceptors (Lipinski definition) is 4. The van der Waals surface area contributed by atoms with Crippen molar-refractivity contribution < 1.29 is 18.7 Å². The largest absolute Gasteiger partial charge is 0.495 e. The molecular weight excluding hydrogens is 304 g/mol. The zero-order valence-corrected chi connectivity index (χ0v) is 16.1. The predicted molar refractivity (Wildman–Crippen MR) is 95.6 cm³/mol. The summed E-state index contributed by atoms with van der Waals surface area (Å²) in [6.07, 6.45) is 1.44. The van der Waals surface area contributed by atoms with Crippen molar-refractivity contribution in [1.29, 1.82) is 0 Å². The van der Waals surface area contributed by atoms with Crippen molar-refractivity contribution in [3.05, 3.63) is 36.5 Å². The Labute approximate surface area is 146 Å². The van der Waals surface area contributed by atoms with Gasteiger partial charge in [0.15, 0.2) is 0 Å². The molecule has 0 amide bonds. The molecule has 0 bridgehead atoms. The third-order valence-corrected chi connectivity index (χ3v) is 4.47. The number of ether oxygens (including phenoxy) is 2. The molecule has 4 nitrogen and oxygen atoms in total. The summed E-state index contributed by atoms with van der Waals surface area (Å²) in [6, 6.07) is 3.22. The van der Waals surface area contributed by atoms with Gasteiger partial charge in [-0.1, -0.05) is 55.0 Å². The van der Waals surface area contributed by atoms with Crippen molar-refractivity contribution >= 4 is 5.97 Å². The molecule has 0 aromatic carbocycles. The van der Waals surface area contributed by atoms with Crippen LogP contribution in [0.2, 0.25) is 0 Å². The first-order chi connectivity index (χ1) is 10.9. The molecule has 0 N–H and O–H groups in total. The second kappa shape index (κ2) is 7.91. The van der Waals surface area contributed by atoms with E-state index < -0.39 is 5.97 Å². The first-order valence-corrected chi connectivity index (χ1v) is 8.47. The molecule has 1 aromatic rings. The maximum Gasteiger partial charge on any atom is 0.374 e. The molecule has 0 fully saturated rings. The Kier molecular flexibility index (Phi) is 6.70. The fourth-order valence-electron chi connectivity index (χ4n) is 2.87. The molecule has 4 heteroatoms. The number of rotatable bonds is 7. The summed E-state index contributed by atoms with van der Waals surface area (Å²) in [7, 11) is 0. The van der Waals surface area contributed by atoms with Crippen LogP contribution in [0.1, 0.15) is 59.0 Å². The Morgan fingerprint density at radius 2 is 1.71 bits per heavy atom. The van der Waals surface area contributed by atoms with E-state index in [1.807, 2.05) is 0 Å². The van der Waals surface area contributed by atoms with Gasteiger partial charge in [-0.25, -0.2) is 4.79 Å². The molecular formula is C20H32O4. The summed E-state index contributed by atoms with van der Waals surface area (Å²) in [6.45, 7) is 20.1. The van der Waals surface area contributed by atoms with Crippen molar-refractivity contribution in [3.8, 4) is 0 Å². The number of carbonyl (C=O) groups is 1. The van der Waals surface area contributed by atoms with E-state index in [0.29, 0.717) is 5.92 Å². The highest BCUT2D eigenvalue weighted by molar-refractivity contribution is 5.86. The van der Waals surface area contributed by atoms with E-state index in [1.54, 1.807) is 12.1 Å². The van der Waals surface area contributed by atoms with E-state index in [2.05, 4.69) is 55.0 Å². The number of furan rings is 1. The molecule has 0 saturated heterocycles. The van der Waals surface area contributed by atoms with Crippen LogP contribution in [0.15, 0.2) is 35.2 Å². The number of allylic oxidation sites excluding steroid dienone is 1. The van der Waals surface area contributed by atoms with Gasteiger partial charge < -0.3 is 13.9 Å². The van der Waals surface area contributed by atoms with E-state index in [9.17, 15) is 4.79 Å². The van der Waals surface area contributed by atoms with Crippen molar-refractivity contribution in [2.75, 3.05) is 13.2 Å². The number of hydrogen-bond donors (Lipinski definition) is 0. The zero-order chi connectivity index (χ0) is 18.5. The van der Waals surface area contributed by atoms with Gasteiger partial charge in [-0.3, -0.25) is 0 Å². The molecule has 0 saturated carbocycles. The smallest absolute Gasteiger partial charge is 0.374 e. The van der Waals surface area contributed by atoms with Crippen molar-refractivity contribution in [2.24, 2.45) is 22.7 Å². The third-order valence-electron chi connectivity index (χ3n) is 4.47. The molecule has 136 valence electrons. The minimum absolute atomic E-state index is 0.0363. The SMILES string of the molecule is C=C(OCCOC(=O)c1ccco1)C(C(C)C(C)(C)C)C(C)(C)C. The van der Waals surface area contributed by atoms with Gasteiger partial charge in [-0.05, 0) is 28.9 Å². The third kappa shape index (κ3) is 5.73. The van der Waals surface area contributed by atoms with E-state index in [0.717, 1.165) is 5.76 Å². The van der Waals surface area contributed by atoms with Crippen molar-refractivity contribution in [3.63, 3.8) is 0 Å². The molecule has 1 heterocycles. The van der Waals surface area contributed by atoms with Gasteiger partial charge in [0, 0.05) is 5.92 Å². The van der Waals surface area contributed by atoms with Gasteiger partial charge in [0.05, 0.1) is 12.0 Å². The molecule has 0 aliphatic rings.